The standard InChI is InChI=1S/C18H28F2N2O2S/c1-12(2)13(11-22-17(23)24-18(3,4)5)10-21-14-6-8-15(9-7-14)25-16(19)20/h6-9,12-13,16,21H,10-11H2,1-5H3,(H,22,23). The number of carbonyl (C=O) groups is 1. The van der Waals surface area contributed by atoms with Crippen LogP contribution in [-0.4, -0.2) is 30.5 Å². The summed E-state index contributed by atoms with van der Waals surface area (Å²) in [7, 11) is 0. The van der Waals surface area contributed by atoms with Gasteiger partial charge in [0.15, 0.2) is 0 Å². The summed E-state index contributed by atoms with van der Waals surface area (Å²) < 4.78 is 29.9. The van der Waals surface area contributed by atoms with Crippen LogP contribution in [0.4, 0.5) is 19.3 Å². The molecule has 1 amide bonds. The van der Waals surface area contributed by atoms with Crippen LogP contribution in [0.25, 0.3) is 0 Å². The van der Waals surface area contributed by atoms with Gasteiger partial charge in [0.2, 0.25) is 0 Å². The maximum atomic E-state index is 12.3. The molecule has 0 fully saturated rings. The van der Waals surface area contributed by atoms with Gasteiger partial charge in [0.1, 0.15) is 5.60 Å². The van der Waals surface area contributed by atoms with E-state index in [9.17, 15) is 13.6 Å². The van der Waals surface area contributed by atoms with Crippen LogP contribution >= 0.6 is 11.8 Å². The molecule has 142 valence electrons. The first-order valence-corrected chi connectivity index (χ1v) is 9.20. The van der Waals surface area contributed by atoms with Crippen molar-refractivity contribution in [3.05, 3.63) is 24.3 Å². The molecular weight excluding hydrogens is 346 g/mol. The van der Waals surface area contributed by atoms with Gasteiger partial charge < -0.3 is 15.4 Å². The number of alkyl halides is 2. The minimum absolute atomic E-state index is 0.211. The van der Waals surface area contributed by atoms with E-state index in [1.165, 1.54) is 0 Å². The number of hydrogen-bond donors (Lipinski definition) is 2. The summed E-state index contributed by atoms with van der Waals surface area (Å²) in [5.41, 5.74) is 0.342. The van der Waals surface area contributed by atoms with E-state index >= 15 is 0 Å². The summed E-state index contributed by atoms with van der Waals surface area (Å²) in [4.78, 5) is 12.3. The Bertz CT molecular complexity index is 531. The van der Waals surface area contributed by atoms with Crippen molar-refractivity contribution in [3.8, 4) is 0 Å². The van der Waals surface area contributed by atoms with E-state index in [-0.39, 0.29) is 5.92 Å². The van der Waals surface area contributed by atoms with Crippen LogP contribution in [0.5, 0.6) is 0 Å². The van der Waals surface area contributed by atoms with Crippen LogP contribution in [-0.2, 0) is 4.74 Å². The Morgan fingerprint density at radius 2 is 1.76 bits per heavy atom. The van der Waals surface area contributed by atoms with Crippen LogP contribution < -0.4 is 10.6 Å². The van der Waals surface area contributed by atoms with Gasteiger partial charge in [-0.3, -0.25) is 0 Å². The average molecular weight is 374 g/mol. The molecule has 0 aromatic heterocycles. The van der Waals surface area contributed by atoms with Crippen LogP contribution in [0.3, 0.4) is 0 Å². The van der Waals surface area contributed by atoms with Crippen LogP contribution in [0.2, 0.25) is 0 Å². The summed E-state index contributed by atoms with van der Waals surface area (Å²) in [6.07, 6.45) is -0.425. The Morgan fingerprint density at radius 3 is 2.24 bits per heavy atom. The smallest absolute Gasteiger partial charge is 0.407 e. The van der Waals surface area contributed by atoms with Gasteiger partial charge in [0, 0.05) is 23.7 Å². The predicted molar refractivity (Wildman–Crippen MR) is 99.4 cm³/mol. The maximum absolute atomic E-state index is 12.3. The number of rotatable bonds is 8. The molecule has 2 N–H and O–H groups in total. The van der Waals surface area contributed by atoms with Crippen molar-refractivity contribution < 1.29 is 18.3 Å². The number of benzene rings is 1. The second-order valence-corrected chi connectivity index (χ2v) is 8.23. The quantitative estimate of drug-likeness (QED) is 0.613. The number of nitrogens with one attached hydrogen (secondary N) is 2. The second-order valence-electron chi connectivity index (χ2n) is 7.17. The van der Waals surface area contributed by atoms with Crippen molar-refractivity contribution in [2.24, 2.45) is 11.8 Å². The highest BCUT2D eigenvalue weighted by molar-refractivity contribution is 7.99. The normalized spacial score (nSPS) is 13.0. The van der Waals surface area contributed by atoms with Gasteiger partial charge in [0.05, 0.1) is 0 Å². The van der Waals surface area contributed by atoms with Gasteiger partial charge in [-0.25, -0.2) is 4.79 Å². The zero-order chi connectivity index (χ0) is 19.0. The lowest BCUT2D eigenvalue weighted by Gasteiger charge is -2.24. The Balaban J connectivity index is 2.48. The molecule has 0 saturated heterocycles. The van der Waals surface area contributed by atoms with Crippen LogP contribution in [0, 0.1) is 11.8 Å². The highest BCUT2D eigenvalue weighted by Crippen LogP contribution is 2.26. The molecule has 1 rings (SSSR count). The van der Waals surface area contributed by atoms with Crippen molar-refractivity contribution >= 4 is 23.5 Å². The van der Waals surface area contributed by atoms with E-state index in [0.717, 1.165) is 5.69 Å². The number of thioether (sulfide) groups is 1. The van der Waals surface area contributed by atoms with Gasteiger partial charge in [-0.2, -0.15) is 8.78 Å². The Hall–Kier alpha value is -1.50. The second kappa shape index (κ2) is 9.85. The third-order valence-electron chi connectivity index (χ3n) is 3.50. The van der Waals surface area contributed by atoms with E-state index in [1.54, 1.807) is 24.3 Å². The molecule has 7 heteroatoms. The molecule has 1 atom stereocenters. The predicted octanol–water partition coefficient (Wildman–Crippen LogP) is 5.21. The first kappa shape index (κ1) is 21.5. The highest BCUT2D eigenvalue weighted by Gasteiger charge is 2.19. The Kier molecular flexibility index (Phi) is 8.48. The van der Waals surface area contributed by atoms with Crippen molar-refractivity contribution in [3.63, 3.8) is 0 Å². The molecule has 0 radical (unpaired) electrons. The minimum Gasteiger partial charge on any atom is -0.444 e. The lowest BCUT2D eigenvalue weighted by Crippen LogP contribution is -2.38. The molecule has 4 nitrogen and oxygen atoms in total. The number of alkyl carbamates (subject to hydrolysis) is 1. The summed E-state index contributed by atoms with van der Waals surface area (Å²) in [6.45, 7) is 10.8. The third kappa shape index (κ3) is 9.53. The molecular formula is C18H28F2N2O2S. The molecule has 0 spiro atoms. The summed E-state index contributed by atoms with van der Waals surface area (Å²) >= 11 is 0.530. The summed E-state index contributed by atoms with van der Waals surface area (Å²) in [5.74, 6) is -1.85. The third-order valence-corrected chi connectivity index (χ3v) is 4.22. The molecule has 0 bridgehead atoms. The zero-order valence-corrected chi connectivity index (χ0v) is 16.3. The van der Waals surface area contributed by atoms with Crippen molar-refractivity contribution in [1.82, 2.24) is 5.32 Å². The topological polar surface area (TPSA) is 50.4 Å². The average Bonchev–Trinajstić information content (AvgIpc) is 2.46. The fourth-order valence-electron chi connectivity index (χ4n) is 2.08. The lowest BCUT2D eigenvalue weighted by molar-refractivity contribution is 0.0516. The molecule has 0 heterocycles. The maximum Gasteiger partial charge on any atom is 0.407 e. The molecule has 25 heavy (non-hydrogen) atoms. The van der Waals surface area contributed by atoms with E-state index in [0.29, 0.717) is 35.7 Å². The molecule has 0 aliphatic carbocycles. The number of anilines is 1. The first-order valence-electron chi connectivity index (χ1n) is 8.32. The van der Waals surface area contributed by atoms with Gasteiger partial charge in [-0.1, -0.05) is 25.6 Å². The number of hydrogen-bond acceptors (Lipinski definition) is 4. The monoisotopic (exact) mass is 374 g/mol. The van der Waals surface area contributed by atoms with E-state index in [4.69, 9.17) is 4.74 Å². The SMILES string of the molecule is CC(C)C(CNC(=O)OC(C)(C)C)CNc1ccc(SC(F)F)cc1. The van der Waals surface area contributed by atoms with E-state index < -0.39 is 17.5 Å². The summed E-state index contributed by atoms with van der Waals surface area (Å²) in [5, 5.41) is 6.09. The highest BCUT2D eigenvalue weighted by atomic mass is 32.2. The van der Waals surface area contributed by atoms with Crippen LogP contribution in [0.15, 0.2) is 29.2 Å². The van der Waals surface area contributed by atoms with Gasteiger partial charge >= 0.3 is 6.09 Å². The molecule has 0 aliphatic heterocycles. The number of carbonyl (C=O) groups excluding carboxylic acids is 1. The number of amides is 1. The minimum atomic E-state index is -2.41. The molecule has 1 unspecified atom stereocenters. The molecule has 1 aromatic carbocycles. The van der Waals surface area contributed by atoms with Gasteiger partial charge in [-0.05, 0) is 56.9 Å². The molecule has 0 aliphatic rings. The first-order chi connectivity index (χ1) is 11.6. The number of halogens is 2. The number of ether oxygens (including phenoxy) is 1. The van der Waals surface area contributed by atoms with Gasteiger partial charge in [0.25, 0.3) is 5.76 Å². The largest absolute Gasteiger partial charge is 0.444 e. The van der Waals surface area contributed by atoms with Crippen LogP contribution in [0.1, 0.15) is 34.6 Å². The Morgan fingerprint density at radius 1 is 1.16 bits per heavy atom. The summed E-state index contributed by atoms with van der Waals surface area (Å²) in [6, 6.07) is 6.90. The van der Waals surface area contributed by atoms with Gasteiger partial charge in [-0.15, -0.1) is 0 Å². The zero-order valence-electron chi connectivity index (χ0n) is 15.4. The fourth-order valence-corrected chi connectivity index (χ4v) is 2.57. The van der Waals surface area contributed by atoms with Crippen molar-refractivity contribution in [2.45, 2.75) is 50.9 Å². The molecule has 0 saturated carbocycles. The van der Waals surface area contributed by atoms with E-state index in [1.807, 2.05) is 20.8 Å². The van der Waals surface area contributed by atoms with Crippen molar-refractivity contribution in [1.29, 1.82) is 0 Å². The molecule has 1 aromatic rings. The fraction of sp³-hybridized carbons (Fsp3) is 0.611. The Labute approximate surface area is 153 Å². The lowest BCUT2D eigenvalue weighted by atomic mass is 9.95. The van der Waals surface area contributed by atoms with E-state index in [2.05, 4.69) is 24.5 Å². The van der Waals surface area contributed by atoms with Crippen molar-refractivity contribution in [2.75, 3.05) is 18.4 Å².